The molecule has 1 aromatic rings. The van der Waals surface area contributed by atoms with Crippen LogP contribution in [0.1, 0.15) is 24.2 Å². The van der Waals surface area contributed by atoms with Crippen LogP contribution in [0.25, 0.3) is 0 Å². The molecule has 94 valence electrons. The van der Waals surface area contributed by atoms with Gasteiger partial charge in [0, 0.05) is 24.5 Å². The molecule has 1 rings (SSSR count). The first kappa shape index (κ1) is 13.8. The Bertz CT molecular complexity index is 393. The van der Waals surface area contributed by atoms with E-state index in [4.69, 9.17) is 0 Å². The highest BCUT2D eigenvalue weighted by Gasteiger charge is 2.18. The van der Waals surface area contributed by atoms with Gasteiger partial charge in [-0.05, 0) is 26.2 Å². The predicted molar refractivity (Wildman–Crippen MR) is 73.7 cm³/mol. The number of hydrogen-bond acceptors (Lipinski definition) is 4. The fourth-order valence-corrected chi connectivity index (χ4v) is 1.47. The molecule has 4 nitrogen and oxygen atoms in total. The van der Waals surface area contributed by atoms with Crippen LogP contribution in [-0.4, -0.2) is 35.5 Å². The SMILES string of the molecule is CNc1cnccc1C(=O)NCC(C)(C)SC. The molecule has 0 saturated carbocycles. The van der Waals surface area contributed by atoms with Gasteiger partial charge in [0.1, 0.15) is 0 Å². The van der Waals surface area contributed by atoms with Gasteiger partial charge in [-0.2, -0.15) is 11.8 Å². The van der Waals surface area contributed by atoms with Crippen molar-refractivity contribution in [2.75, 3.05) is 25.2 Å². The number of nitrogens with one attached hydrogen (secondary N) is 2. The molecule has 0 radical (unpaired) electrons. The lowest BCUT2D eigenvalue weighted by atomic mass is 10.2. The van der Waals surface area contributed by atoms with Crippen LogP contribution >= 0.6 is 11.8 Å². The Morgan fingerprint density at radius 2 is 2.24 bits per heavy atom. The van der Waals surface area contributed by atoms with Crippen molar-refractivity contribution in [3.05, 3.63) is 24.0 Å². The van der Waals surface area contributed by atoms with E-state index in [9.17, 15) is 4.79 Å². The standard InChI is InChI=1S/C12H19N3OS/c1-12(2,17-4)8-15-11(16)9-5-6-14-7-10(9)13-3/h5-7,13H,8H2,1-4H3,(H,15,16). The number of pyridine rings is 1. The number of carbonyl (C=O) groups excluding carboxylic acids is 1. The summed E-state index contributed by atoms with van der Waals surface area (Å²) in [6.45, 7) is 4.84. The molecule has 1 amide bonds. The summed E-state index contributed by atoms with van der Waals surface area (Å²) in [7, 11) is 1.78. The van der Waals surface area contributed by atoms with Crippen LogP contribution in [0.2, 0.25) is 0 Å². The number of nitrogens with zero attached hydrogens (tertiary/aromatic N) is 1. The van der Waals surface area contributed by atoms with Crippen LogP contribution in [0.5, 0.6) is 0 Å². The van der Waals surface area contributed by atoms with E-state index in [2.05, 4.69) is 29.5 Å². The van der Waals surface area contributed by atoms with Gasteiger partial charge >= 0.3 is 0 Å². The molecule has 1 heterocycles. The van der Waals surface area contributed by atoms with Crippen molar-refractivity contribution < 1.29 is 4.79 Å². The van der Waals surface area contributed by atoms with Gasteiger partial charge in [0.05, 0.1) is 17.4 Å². The first-order valence-electron chi connectivity index (χ1n) is 5.45. The molecule has 0 fully saturated rings. The highest BCUT2D eigenvalue weighted by atomic mass is 32.2. The summed E-state index contributed by atoms with van der Waals surface area (Å²) in [5.41, 5.74) is 1.37. The number of aromatic nitrogens is 1. The highest BCUT2D eigenvalue weighted by molar-refractivity contribution is 7.99. The number of hydrogen-bond donors (Lipinski definition) is 2. The summed E-state index contributed by atoms with van der Waals surface area (Å²) in [6, 6.07) is 1.72. The molecule has 1 aromatic heterocycles. The van der Waals surface area contributed by atoms with Crippen molar-refractivity contribution in [3.63, 3.8) is 0 Å². The molecule has 0 saturated heterocycles. The van der Waals surface area contributed by atoms with Crippen LogP contribution in [0.3, 0.4) is 0 Å². The minimum atomic E-state index is -0.0705. The lowest BCUT2D eigenvalue weighted by Gasteiger charge is -2.22. The van der Waals surface area contributed by atoms with Gasteiger partial charge in [0.2, 0.25) is 0 Å². The second-order valence-corrected chi connectivity index (χ2v) is 5.83. The maximum atomic E-state index is 12.0. The zero-order chi connectivity index (χ0) is 12.9. The van der Waals surface area contributed by atoms with Crippen molar-refractivity contribution in [2.45, 2.75) is 18.6 Å². The minimum Gasteiger partial charge on any atom is -0.386 e. The van der Waals surface area contributed by atoms with E-state index in [1.54, 1.807) is 37.3 Å². The van der Waals surface area contributed by atoms with Crippen LogP contribution < -0.4 is 10.6 Å². The molecule has 0 atom stereocenters. The van der Waals surface area contributed by atoms with Gasteiger partial charge in [0.25, 0.3) is 5.91 Å². The molecule has 2 N–H and O–H groups in total. The third-order valence-corrected chi connectivity index (χ3v) is 3.81. The van der Waals surface area contributed by atoms with E-state index in [1.165, 1.54) is 0 Å². The Labute approximate surface area is 107 Å². The summed E-state index contributed by atoms with van der Waals surface area (Å²) in [5, 5.41) is 5.90. The van der Waals surface area contributed by atoms with Gasteiger partial charge in [-0.15, -0.1) is 0 Å². The number of thioether (sulfide) groups is 1. The van der Waals surface area contributed by atoms with Gasteiger partial charge in [0.15, 0.2) is 0 Å². The summed E-state index contributed by atoms with van der Waals surface area (Å²) >= 11 is 1.73. The molecule has 0 unspecified atom stereocenters. The smallest absolute Gasteiger partial charge is 0.253 e. The van der Waals surface area contributed by atoms with Crippen molar-refractivity contribution in [1.82, 2.24) is 10.3 Å². The number of carbonyl (C=O) groups is 1. The van der Waals surface area contributed by atoms with Gasteiger partial charge in [-0.1, -0.05) is 0 Å². The largest absolute Gasteiger partial charge is 0.386 e. The monoisotopic (exact) mass is 253 g/mol. The Kier molecular flexibility index (Phi) is 4.81. The van der Waals surface area contributed by atoms with Crippen molar-refractivity contribution in [1.29, 1.82) is 0 Å². The van der Waals surface area contributed by atoms with Crippen LogP contribution in [-0.2, 0) is 0 Å². The van der Waals surface area contributed by atoms with Crippen molar-refractivity contribution in [3.8, 4) is 0 Å². The molecular weight excluding hydrogens is 234 g/mol. The van der Waals surface area contributed by atoms with E-state index in [1.807, 2.05) is 6.26 Å². The van der Waals surface area contributed by atoms with Gasteiger partial charge in [-0.3, -0.25) is 9.78 Å². The van der Waals surface area contributed by atoms with Crippen molar-refractivity contribution in [2.24, 2.45) is 0 Å². The summed E-state index contributed by atoms with van der Waals surface area (Å²) in [4.78, 5) is 16.0. The lowest BCUT2D eigenvalue weighted by Crippen LogP contribution is -2.36. The first-order chi connectivity index (χ1) is 8.00. The second-order valence-electron chi connectivity index (χ2n) is 4.32. The van der Waals surface area contributed by atoms with Gasteiger partial charge < -0.3 is 10.6 Å². The van der Waals surface area contributed by atoms with E-state index in [-0.39, 0.29) is 10.7 Å². The molecule has 0 aliphatic heterocycles. The third-order valence-electron chi connectivity index (χ3n) is 2.56. The Morgan fingerprint density at radius 1 is 1.53 bits per heavy atom. The Hall–Kier alpha value is -1.23. The Balaban J connectivity index is 2.70. The zero-order valence-corrected chi connectivity index (χ0v) is 11.5. The summed E-state index contributed by atoms with van der Waals surface area (Å²) in [6.07, 6.45) is 5.31. The van der Waals surface area contributed by atoms with Crippen LogP contribution in [0, 0.1) is 0 Å². The molecular formula is C12H19N3OS. The van der Waals surface area contributed by atoms with E-state index in [0.29, 0.717) is 12.1 Å². The summed E-state index contributed by atoms with van der Waals surface area (Å²) < 4.78 is 0.0441. The molecule has 0 aliphatic rings. The van der Waals surface area contributed by atoms with E-state index >= 15 is 0 Å². The normalized spacial score (nSPS) is 11.1. The average molecular weight is 253 g/mol. The Morgan fingerprint density at radius 3 is 2.82 bits per heavy atom. The average Bonchev–Trinajstić information content (AvgIpc) is 2.36. The van der Waals surface area contributed by atoms with Crippen molar-refractivity contribution >= 4 is 23.4 Å². The highest BCUT2D eigenvalue weighted by Crippen LogP contribution is 2.20. The first-order valence-corrected chi connectivity index (χ1v) is 6.68. The predicted octanol–water partition coefficient (Wildman–Crippen LogP) is 1.99. The molecule has 0 aromatic carbocycles. The number of anilines is 1. The quantitative estimate of drug-likeness (QED) is 0.842. The maximum absolute atomic E-state index is 12.0. The van der Waals surface area contributed by atoms with Crippen LogP contribution in [0.4, 0.5) is 5.69 Å². The molecule has 5 heteroatoms. The molecule has 0 aliphatic carbocycles. The van der Waals surface area contributed by atoms with E-state index in [0.717, 1.165) is 5.69 Å². The fourth-order valence-electron chi connectivity index (χ4n) is 1.25. The maximum Gasteiger partial charge on any atom is 0.253 e. The third kappa shape index (κ3) is 3.93. The zero-order valence-electron chi connectivity index (χ0n) is 10.7. The van der Waals surface area contributed by atoms with E-state index < -0.39 is 0 Å². The molecule has 0 spiro atoms. The van der Waals surface area contributed by atoms with Gasteiger partial charge in [-0.25, -0.2) is 0 Å². The lowest BCUT2D eigenvalue weighted by molar-refractivity contribution is 0.0951. The topological polar surface area (TPSA) is 54.0 Å². The summed E-state index contributed by atoms with van der Waals surface area (Å²) in [5.74, 6) is -0.0705. The molecule has 17 heavy (non-hydrogen) atoms. The fraction of sp³-hybridized carbons (Fsp3) is 0.500. The second kappa shape index (κ2) is 5.91. The number of rotatable bonds is 5. The molecule has 0 bridgehead atoms. The minimum absolute atomic E-state index is 0.0441. The van der Waals surface area contributed by atoms with Crippen LogP contribution in [0.15, 0.2) is 18.5 Å². The number of amides is 1.